The summed E-state index contributed by atoms with van der Waals surface area (Å²) >= 11 is 6.02. The van der Waals surface area contributed by atoms with Gasteiger partial charge in [0.05, 0.1) is 16.1 Å². The minimum Gasteiger partial charge on any atom is -0.339 e. The molecule has 0 saturated heterocycles. The van der Waals surface area contributed by atoms with E-state index in [1.165, 1.54) is 0 Å². The van der Waals surface area contributed by atoms with Gasteiger partial charge in [-0.3, -0.25) is 0 Å². The number of pyridine rings is 1. The van der Waals surface area contributed by atoms with Crippen molar-refractivity contribution in [3.8, 4) is 12.1 Å². The lowest BCUT2D eigenvalue weighted by atomic mass is 10.1. The van der Waals surface area contributed by atoms with Gasteiger partial charge in [-0.1, -0.05) is 11.6 Å². The first-order chi connectivity index (χ1) is 10.2. The van der Waals surface area contributed by atoms with Crippen LogP contribution in [-0.4, -0.2) is 4.98 Å². The van der Waals surface area contributed by atoms with Gasteiger partial charge in [0.15, 0.2) is 0 Å². The molecule has 0 spiro atoms. The smallest absolute Gasteiger partial charge is 0.148 e. The first kappa shape index (κ1) is 13.4. The number of hydrogen-bond acceptors (Lipinski definition) is 4. The van der Waals surface area contributed by atoms with Crippen LogP contribution in [-0.2, 0) is 12.8 Å². The number of nitrogens with one attached hydrogen (secondary N) is 1. The average Bonchev–Trinajstić information content (AvgIpc) is 2.93. The molecule has 21 heavy (non-hydrogen) atoms. The van der Waals surface area contributed by atoms with Gasteiger partial charge in [-0.2, -0.15) is 10.5 Å². The Hall–Kier alpha value is -2.56. The monoisotopic (exact) mass is 294 g/mol. The largest absolute Gasteiger partial charge is 0.339 e. The van der Waals surface area contributed by atoms with E-state index in [2.05, 4.69) is 16.4 Å². The van der Waals surface area contributed by atoms with E-state index in [4.69, 9.17) is 16.9 Å². The molecular weight excluding hydrogens is 284 g/mol. The lowest BCUT2D eigenvalue weighted by Crippen LogP contribution is -2.01. The fourth-order valence-electron chi connectivity index (χ4n) is 2.47. The molecule has 0 unspecified atom stereocenters. The number of rotatable bonds is 2. The van der Waals surface area contributed by atoms with Gasteiger partial charge in [-0.25, -0.2) is 4.98 Å². The van der Waals surface area contributed by atoms with Gasteiger partial charge in [-0.15, -0.1) is 0 Å². The van der Waals surface area contributed by atoms with Crippen LogP contribution in [0.15, 0.2) is 24.3 Å². The number of halogens is 1. The molecule has 0 saturated carbocycles. The molecule has 0 radical (unpaired) electrons. The van der Waals surface area contributed by atoms with E-state index in [9.17, 15) is 5.26 Å². The summed E-state index contributed by atoms with van der Waals surface area (Å²) in [7, 11) is 0. The van der Waals surface area contributed by atoms with Crippen LogP contribution in [0.5, 0.6) is 0 Å². The average molecular weight is 295 g/mol. The Morgan fingerprint density at radius 1 is 1.10 bits per heavy atom. The van der Waals surface area contributed by atoms with Crippen molar-refractivity contribution in [1.29, 1.82) is 10.5 Å². The van der Waals surface area contributed by atoms with Crippen molar-refractivity contribution in [2.75, 3.05) is 5.32 Å². The van der Waals surface area contributed by atoms with E-state index in [1.54, 1.807) is 18.2 Å². The fourth-order valence-corrected chi connectivity index (χ4v) is 2.70. The van der Waals surface area contributed by atoms with Crippen LogP contribution in [0.25, 0.3) is 0 Å². The van der Waals surface area contributed by atoms with Crippen LogP contribution in [0, 0.1) is 22.7 Å². The lowest BCUT2D eigenvalue weighted by Gasteiger charge is -2.10. The predicted molar refractivity (Wildman–Crippen MR) is 80.4 cm³/mol. The van der Waals surface area contributed by atoms with E-state index >= 15 is 0 Å². The molecule has 3 rings (SSSR count). The maximum absolute atomic E-state index is 9.27. The summed E-state index contributed by atoms with van der Waals surface area (Å²) in [6.45, 7) is 0. The van der Waals surface area contributed by atoms with Crippen LogP contribution < -0.4 is 5.32 Å². The van der Waals surface area contributed by atoms with Gasteiger partial charge >= 0.3 is 0 Å². The van der Waals surface area contributed by atoms with Gasteiger partial charge in [0.25, 0.3) is 0 Å². The van der Waals surface area contributed by atoms with E-state index < -0.39 is 0 Å². The molecule has 4 nitrogen and oxygen atoms in total. The third kappa shape index (κ3) is 2.54. The third-order valence-electron chi connectivity index (χ3n) is 3.52. The fraction of sp³-hybridized carbons (Fsp3) is 0.188. The third-order valence-corrected chi connectivity index (χ3v) is 3.84. The van der Waals surface area contributed by atoms with Gasteiger partial charge in [0.2, 0.25) is 0 Å². The highest BCUT2D eigenvalue weighted by Gasteiger charge is 2.16. The van der Waals surface area contributed by atoms with Crippen LogP contribution >= 0.6 is 11.6 Å². The number of nitriles is 2. The Morgan fingerprint density at radius 2 is 1.90 bits per heavy atom. The van der Waals surface area contributed by atoms with Crippen LogP contribution in [0.1, 0.15) is 28.8 Å². The molecule has 0 fully saturated rings. The van der Waals surface area contributed by atoms with E-state index in [0.717, 1.165) is 30.5 Å². The van der Waals surface area contributed by atoms with Crippen LogP contribution in [0.2, 0.25) is 5.02 Å². The molecule has 1 N–H and O–H groups in total. The summed E-state index contributed by atoms with van der Waals surface area (Å²) in [6, 6.07) is 11.1. The number of fused-ring (bicyclic) bond motifs is 1. The SMILES string of the molecule is N#Cc1ccc(Nc2nc3c(cc2C#N)CCC3)cc1Cl. The maximum atomic E-state index is 9.27. The molecule has 1 aromatic carbocycles. The van der Waals surface area contributed by atoms with Crippen molar-refractivity contribution in [2.45, 2.75) is 19.3 Å². The molecule has 1 aromatic heterocycles. The van der Waals surface area contributed by atoms with Gasteiger partial charge in [-0.05, 0) is 49.1 Å². The highest BCUT2D eigenvalue weighted by atomic mass is 35.5. The second kappa shape index (κ2) is 5.44. The van der Waals surface area contributed by atoms with Crippen molar-refractivity contribution in [3.63, 3.8) is 0 Å². The molecule has 0 bridgehead atoms. The van der Waals surface area contributed by atoms with E-state index in [0.29, 0.717) is 27.7 Å². The number of aryl methyl sites for hydroxylation is 2. The standard InChI is InChI=1S/C16H11ClN4/c17-14-7-13(5-4-11(14)8-18)20-16-12(9-19)6-10-2-1-3-15(10)21-16/h4-7H,1-3H2,(H,20,21). The Morgan fingerprint density at radius 3 is 2.62 bits per heavy atom. The summed E-state index contributed by atoms with van der Waals surface area (Å²) < 4.78 is 0. The first-order valence-corrected chi connectivity index (χ1v) is 6.98. The second-order valence-corrected chi connectivity index (χ2v) is 5.29. The zero-order chi connectivity index (χ0) is 14.8. The van der Waals surface area contributed by atoms with E-state index in [-0.39, 0.29) is 0 Å². The Balaban J connectivity index is 1.97. The van der Waals surface area contributed by atoms with Crippen LogP contribution in [0.3, 0.4) is 0 Å². The first-order valence-electron chi connectivity index (χ1n) is 6.61. The molecule has 2 aromatic rings. The summed E-state index contributed by atoms with van der Waals surface area (Å²) in [5.74, 6) is 0.541. The van der Waals surface area contributed by atoms with Crippen molar-refractivity contribution < 1.29 is 0 Å². The number of benzene rings is 1. The Labute approximate surface area is 127 Å². The molecule has 1 heterocycles. The molecular formula is C16H11ClN4. The normalized spacial score (nSPS) is 12.3. The van der Waals surface area contributed by atoms with Gasteiger partial charge in [0.1, 0.15) is 18.0 Å². The highest BCUT2D eigenvalue weighted by Crippen LogP contribution is 2.28. The van der Waals surface area contributed by atoms with Crippen LogP contribution in [0.4, 0.5) is 11.5 Å². The molecule has 1 aliphatic carbocycles. The second-order valence-electron chi connectivity index (χ2n) is 4.89. The highest BCUT2D eigenvalue weighted by molar-refractivity contribution is 6.32. The number of aromatic nitrogens is 1. The molecule has 5 heteroatoms. The zero-order valence-electron chi connectivity index (χ0n) is 11.2. The van der Waals surface area contributed by atoms with Crippen molar-refractivity contribution in [1.82, 2.24) is 4.98 Å². The van der Waals surface area contributed by atoms with Crippen molar-refractivity contribution >= 4 is 23.1 Å². The van der Waals surface area contributed by atoms with Crippen molar-refractivity contribution in [2.24, 2.45) is 0 Å². The molecule has 102 valence electrons. The molecule has 1 aliphatic rings. The summed E-state index contributed by atoms with van der Waals surface area (Å²) in [4.78, 5) is 4.55. The molecule has 0 atom stereocenters. The minimum absolute atomic E-state index is 0.377. The predicted octanol–water partition coefficient (Wildman–Crippen LogP) is 3.71. The topological polar surface area (TPSA) is 72.5 Å². The Kier molecular flexibility index (Phi) is 3.48. The van der Waals surface area contributed by atoms with Crippen molar-refractivity contribution in [3.05, 3.63) is 51.7 Å². The zero-order valence-corrected chi connectivity index (χ0v) is 11.9. The van der Waals surface area contributed by atoms with Gasteiger partial charge in [0, 0.05) is 11.4 Å². The number of hydrogen-bond donors (Lipinski definition) is 1. The van der Waals surface area contributed by atoms with Gasteiger partial charge < -0.3 is 5.32 Å². The Bertz CT molecular complexity index is 799. The minimum atomic E-state index is 0.377. The quantitative estimate of drug-likeness (QED) is 0.916. The summed E-state index contributed by atoms with van der Waals surface area (Å²) in [6.07, 6.45) is 3.02. The van der Waals surface area contributed by atoms with E-state index in [1.807, 2.05) is 12.1 Å². The molecule has 0 amide bonds. The lowest BCUT2D eigenvalue weighted by molar-refractivity contribution is 0.900. The number of anilines is 2. The molecule has 0 aliphatic heterocycles. The number of nitrogens with zero attached hydrogens (tertiary/aromatic N) is 3. The summed E-state index contributed by atoms with van der Waals surface area (Å²) in [5, 5.41) is 21.6. The maximum Gasteiger partial charge on any atom is 0.148 e. The summed E-state index contributed by atoms with van der Waals surface area (Å²) in [5.41, 5.74) is 3.87.